The quantitative estimate of drug-likeness (QED) is 0.678. The Hall–Kier alpha value is -1.83. The molecule has 1 aromatic carbocycles. The number of hydrogen-bond acceptors (Lipinski definition) is 2. The topological polar surface area (TPSA) is 25.5 Å². The van der Waals surface area contributed by atoms with Gasteiger partial charge in [0.25, 0.3) is 0 Å². The number of aryl methyl sites for hydroxylation is 1. The smallest absolute Gasteiger partial charge is 0.145 e. The minimum absolute atomic E-state index is 0.198. The molecule has 2 rings (SSSR count). The molecule has 0 bridgehead atoms. The molecule has 2 aromatic rings. The van der Waals surface area contributed by atoms with Crippen molar-refractivity contribution in [2.75, 3.05) is 0 Å². The number of furan rings is 1. The van der Waals surface area contributed by atoms with Gasteiger partial charge in [0.1, 0.15) is 11.5 Å². The SMILES string of the molecule is CC[C@H](/N=C/c1cc(C(C)C)c(C)o1)c1ccccc1. The zero-order valence-corrected chi connectivity index (χ0v) is 12.8. The Labute approximate surface area is 121 Å². The van der Waals surface area contributed by atoms with Crippen molar-refractivity contribution < 1.29 is 4.42 Å². The summed E-state index contributed by atoms with van der Waals surface area (Å²) in [6, 6.07) is 12.7. The molecule has 1 heterocycles. The molecule has 0 aliphatic heterocycles. The molecular formula is C18H23NO. The van der Waals surface area contributed by atoms with Gasteiger partial charge < -0.3 is 4.42 Å². The molecule has 0 amide bonds. The second-order valence-corrected chi connectivity index (χ2v) is 5.43. The van der Waals surface area contributed by atoms with Crippen LogP contribution >= 0.6 is 0 Å². The van der Waals surface area contributed by atoms with Crippen molar-refractivity contribution in [3.8, 4) is 0 Å². The van der Waals surface area contributed by atoms with Crippen LogP contribution in [0.1, 0.15) is 61.8 Å². The first-order chi connectivity index (χ1) is 9.61. The van der Waals surface area contributed by atoms with Crippen LogP contribution in [0.4, 0.5) is 0 Å². The van der Waals surface area contributed by atoms with E-state index >= 15 is 0 Å². The van der Waals surface area contributed by atoms with Gasteiger partial charge >= 0.3 is 0 Å². The Kier molecular flexibility index (Phi) is 4.78. The zero-order chi connectivity index (χ0) is 14.5. The Bertz CT molecular complexity index is 566. The van der Waals surface area contributed by atoms with E-state index in [1.54, 1.807) is 0 Å². The molecule has 0 aliphatic rings. The number of hydrogen-bond donors (Lipinski definition) is 0. The molecule has 0 aliphatic carbocycles. The maximum Gasteiger partial charge on any atom is 0.145 e. The Morgan fingerprint density at radius 2 is 1.90 bits per heavy atom. The fraction of sp³-hybridized carbons (Fsp3) is 0.389. The average molecular weight is 269 g/mol. The number of benzene rings is 1. The van der Waals surface area contributed by atoms with Gasteiger partial charge in [0.05, 0.1) is 12.3 Å². The lowest BCUT2D eigenvalue weighted by molar-refractivity contribution is 0.520. The third kappa shape index (κ3) is 3.38. The monoisotopic (exact) mass is 269 g/mol. The Morgan fingerprint density at radius 3 is 2.45 bits per heavy atom. The summed E-state index contributed by atoms with van der Waals surface area (Å²) in [4.78, 5) is 4.68. The molecule has 2 heteroatoms. The lowest BCUT2D eigenvalue weighted by Crippen LogP contribution is -1.94. The van der Waals surface area contributed by atoms with E-state index in [1.165, 1.54) is 11.1 Å². The normalized spacial score (nSPS) is 13.2. The highest BCUT2D eigenvalue weighted by molar-refractivity contribution is 5.76. The molecule has 0 spiro atoms. The van der Waals surface area contributed by atoms with Crippen molar-refractivity contribution in [1.29, 1.82) is 0 Å². The predicted molar refractivity (Wildman–Crippen MR) is 84.6 cm³/mol. The van der Waals surface area contributed by atoms with Crippen LogP contribution in [-0.4, -0.2) is 6.21 Å². The summed E-state index contributed by atoms with van der Waals surface area (Å²) in [6.45, 7) is 8.53. The fourth-order valence-electron chi connectivity index (χ4n) is 2.42. The largest absolute Gasteiger partial charge is 0.460 e. The second kappa shape index (κ2) is 6.56. The van der Waals surface area contributed by atoms with Crippen LogP contribution < -0.4 is 0 Å². The summed E-state index contributed by atoms with van der Waals surface area (Å²) in [5, 5.41) is 0. The van der Waals surface area contributed by atoms with E-state index in [4.69, 9.17) is 4.42 Å². The summed E-state index contributed by atoms with van der Waals surface area (Å²) in [7, 11) is 0. The number of aliphatic imine (C=N–C) groups is 1. The molecule has 0 unspecified atom stereocenters. The van der Waals surface area contributed by atoms with Crippen molar-refractivity contribution in [2.45, 2.75) is 46.1 Å². The zero-order valence-electron chi connectivity index (χ0n) is 12.8. The van der Waals surface area contributed by atoms with Gasteiger partial charge in [-0.25, -0.2) is 0 Å². The van der Waals surface area contributed by atoms with E-state index in [2.05, 4.69) is 56.1 Å². The van der Waals surface area contributed by atoms with Crippen LogP contribution in [0.3, 0.4) is 0 Å². The minimum atomic E-state index is 0.198. The molecule has 20 heavy (non-hydrogen) atoms. The van der Waals surface area contributed by atoms with Crippen molar-refractivity contribution in [1.82, 2.24) is 0 Å². The first-order valence-corrected chi connectivity index (χ1v) is 7.30. The molecule has 1 aromatic heterocycles. The van der Waals surface area contributed by atoms with Gasteiger partial charge in [-0.1, -0.05) is 51.1 Å². The summed E-state index contributed by atoms with van der Waals surface area (Å²) in [6.07, 6.45) is 2.84. The van der Waals surface area contributed by atoms with Gasteiger partial charge in [-0.2, -0.15) is 0 Å². The summed E-state index contributed by atoms with van der Waals surface area (Å²) in [5.41, 5.74) is 2.51. The second-order valence-electron chi connectivity index (χ2n) is 5.43. The van der Waals surface area contributed by atoms with E-state index in [0.717, 1.165) is 17.9 Å². The van der Waals surface area contributed by atoms with Crippen molar-refractivity contribution >= 4 is 6.21 Å². The summed E-state index contributed by atoms with van der Waals surface area (Å²) >= 11 is 0. The molecule has 0 radical (unpaired) electrons. The molecule has 0 N–H and O–H groups in total. The fourth-order valence-corrected chi connectivity index (χ4v) is 2.42. The minimum Gasteiger partial charge on any atom is -0.460 e. The van der Waals surface area contributed by atoms with E-state index in [0.29, 0.717) is 5.92 Å². The third-order valence-corrected chi connectivity index (χ3v) is 3.55. The Morgan fingerprint density at radius 1 is 1.20 bits per heavy atom. The molecule has 1 atom stereocenters. The Balaban J connectivity index is 2.17. The van der Waals surface area contributed by atoms with Crippen LogP contribution in [-0.2, 0) is 0 Å². The van der Waals surface area contributed by atoms with Gasteiger partial charge in [-0.3, -0.25) is 4.99 Å². The molecular weight excluding hydrogens is 246 g/mol. The lowest BCUT2D eigenvalue weighted by atomic mass is 10.0. The van der Waals surface area contributed by atoms with Gasteiger partial charge in [-0.15, -0.1) is 0 Å². The van der Waals surface area contributed by atoms with Crippen LogP contribution in [0.5, 0.6) is 0 Å². The first-order valence-electron chi connectivity index (χ1n) is 7.30. The van der Waals surface area contributed by atoms with E-state index in [9.17, 15) is 0 Å². The predicted octanol–water partition coefficient (Wildman–Crippen LogP) is 5.28. The summed E-state index contributed by atoms with van der Waals surface area (Å²) < 4.78 is 5.76. The standard InChI is InChI=1S/C18H23NO/c1-5-18(15-9-7-6-8-10-15)19-12-16-11-17(13(2)3)14(4)20-16/h6-13,18H,5H2,1-4H3/b19-12+/t18-/m0/s1. The van der Waals surface area contributed by atoms with Crippen molar-refractivity contribution in [3.63, 3.8) is 0 Å². The van der Waals surface area contributed by atoms with Crippen LogP contribution in [0.25, 0.3) is 0 Å². The summed E-state index contributed by atoms with van der Waals surface area (Å²) in [5.74, 6) is 2.33. The van der Waals surface area contributed by atoms with Crippen LogP contribution in [0.15, 0.2) is 45.8 Å². The molecule has 0 saturated heterocycles. The van der Waals surface area contributed by atoms with E-state index in [-0.39, 0.29) is 6.04 Å². The van der Waals surface area contributed by atoms with E-state index in [1.807, 2.05) is 19.2 Å². The van der Waals surface area contributed by atoms with Gasteiger partial charge in [0.15, 0.2) is 0 Å². The van der Waals surface area contributed by atoms with Crippen LogP contribution in [0.2, 0.25) is 0 Å². The third-order valence-electron chi connectivity index (χ3n) is 3.55. The number of rotatable bonds is 5. The molecule has 106 valence electrons. The van der Waals surface area contributed by atoms with Gasteiger partial charge in [0, 0.05) is 0 Å². The highest BCUT2D eigenvalue weighted by Crippen LogP contribution is 2.24. The molecule has 0 fully saturated rings. The van der Waals surface area contributed by atoms with E-state index < -0.39 is 0 Å². The molecule has 2 nitrogen and oxygen atoms in total. The average Bonchev–Trinajstić information content (AvgIpc) is 2.82. The lowest BCUT2D eigenvalue weighted by Gasteiger charge is -2.09. The maximum absolute atomic E-state index is 5.76. The van der Waals surface area contributed by atoms with Gasteiger partial charge in [0.2, 0.25) is 0 Å². The number of nitrogens with zero attached hydrogens (tertiary/aromatic N) is 1. The highest BCUT2D eigenvalue weighted by Gasteiger charge is 2.10. The van der Waals surface area contributed by atoms with Gasteiger partial charge in [-0.05, 0) is 36.5 Å². The maximum atomic E-state index is 5.76. The van der Waals surface area contributed by atoms with Crippen molar-refractivity contribution in [3.05, 3.63) is 59.0 Å². The van der Waals surface area contributed by atoms with Crippen molar-refractivity contribution in [2.24, 2.45) is 4.99 Å². The highest BCUT2D eigenvalue weighted by atomic mass is 16.3. The first kappa shape index (κ1) is 14.6. The molecule has 0 saturated carbocycles. The van der Waals surface area contributed by atoms with Crippen LogP contribution in [0, 0.1) is 6.92 Å².